The topological polar surface area (TPSA) is 108 Å². The van der Waals surface area contributed by atoms with Gasteiger partial charge >= 0.3 is 0 Å². The Kier molecular flexibility index (Phi) is 42.4. The van der Waals surface area contributed by atoms with Crippen LogP contribution < -0.4 is 10.2 Å². The highest BCUT2D eigenvalue weighted by atomic mass is 31.2. The third kappa shape index (κ3) is 47.0. The molecule has 0 bridgehead atoms. The highest BCUT2D eigenvalue weighted by Gasteiger charge is 2.23. The maximum absolute atomic E-state index is 12.9. The lowest BCUT2D eigenvalue weighted by atomic mass is 10.0. The third-order valence-corrected chi connectivity index (χ3v) is 11.2. The molecule has 3 unspecified atom stereocenters. The van der Waals surface area contributed by atoms with Crippen molar-refractivity contribution in [2.75, 3.05) is 40.9 Å². The van der Waals surface area contributed by atoms with Gasteiger partial charge in [-0.2, -0.15) is 0 Å². The summed E-state index contributed by atoms with van der Waals surface area (Å²) < 4.78 is 23.2. The van der Waals surface area contributed by atoms with Crippen LogP contribution in [0.25, 0.3) is 0 Å². The van der Waals surface area contributed by atoms with Gasteiger partial charge in [0, 0.05) is 6.42 Å². The van der Waals surface area contributed by atoms with Crippen LogP contribution in [0.4, 0.5) is 0 Å². The van der Waals surface area contributed by atoms with Crippen molar-refractivity contribution in [3.63, 3.8) is 0 Å². The summed E-state index contributed by atoms with van der Waals surface area (Å²) in [5.74, 6) is -0.298. The molecule has 63 heavy (non-hydrogen) atoms. The summed E-state index contributed by atoms with van der Waals surface area (Å²) in [6.45, 7) is 4.43. The van der Waals surface area contributed by atoms with Crippen molar-refractivity contribution in [3.8, 4) is 0 Å². The molecule has 0 aromatic rings. The van der Waals surface area contributed by atoms with Crippen LogP contribution in [0.1, 0.15) is 174 Å². The molecule has 0 rings (SSSR count). The number of phosphoric ester groups is 1. The fourth-order valence-electron chi connectivity index (χ4n) is 6.32. The normalized spacial score (nSPS) is 15.1. The van der Waals surface area contributed by atoms with E-state index in [9.17, 15) is 19.4 Å². The molecule has 3 atom stereocenters. The fourth-order valence-corrected chi connectivity index (χ4v) is 7.05. The lowest BCUT2D eigenvalue weighted by Crippen LogP contribution is -2.45. The van der Waals surface area contributed by atoms with Crippen LogP contribution in [0.5, 0.6) is 0 Å². The quantitative estimate of drug-likeness (QED) is 0.0273. The monoisotopic (exact) mass is 897 g/mol. The van der Waals surface area contributed by atoms with Crippen molar-refractivity contribution >= 4 is 13.7 Å². The maximum atomic E-state index is 12.9. The molecule has 0 aromatic heterocycles. The average Bonchev–Trinajstić information content (AvgIpc) is 3.24. The van der Waals surface area contributed by atoms with Crippen LogP contribution in [-0.4, -0.2) is 68.5 Å². The van der Waals surface area contributed by atoms with Gasteiger partial charge in [-0.25, -0.2) is 0 Å². The molecule has 0 saturated carbocycles. The number of aliphatic hydroxyl groups is 1. The van der Waals surface area contributed by atoms with Crippen molar-refractivity contribution in [1.82, 2.24) is 5.32 Å². The lowest BCUT2D eigenvalue weighted by molar-refractivity contribution is -0.870. The summed E-state index contributed by atoms with van der Waals surface area (Å²) in [7, 11) is 1.17. The van der Waals surface area contributed by atoms with E-state index in [-0.39, 0.29) is 18.9 Å². The van der Waals surface area contributed by atoms with Gasteiger partial charge in [-0.15, -0.1) is 0 Å². The number of nitrogens with zero attached hydrogens (tertiary/aromatic N) is 1. The molecule has 0 saturated heterocycles. The number of nitrogens with one attached hydrogen (secondary N) is 1. The molecule has 0 aliphatic carbocycles. The highest BCUT2D eigenvalue weighted by molar-refractivity contribution is 7.45. The number of quaternary nitrogens is 1. The van der Waals surface area contributed by atoms with Crippen molar-refractivity contribution in [2.24, 2.45) is 0 Å². The Hall–Kier alpha value is -2.84. The van der Waals surface area contributed by atoms with Gasteiger partial charge < -0.3 is 28.8 Å². The van der Waals surface area contributed by atoms with Crippen molar-refractivity contribution in [3.05, 3.63) is 109 Å². The van der Waals surface area contributed by atoms with E-state index in [1.54, 1.807) is 6.08 Å². The van der Waals surface area contributed by atoms with Crippen molar-refractivity contribution in [2.45, 2.75) is 187 Å². The van der Waals surface area contributed by atoms with E-state index in [0.29, 0.717) is 23.9 Å². The Morgan fingerprint density at radius 1 is 0.571 bits per heavy atom. The number of phosphoric acid groups is 1. The van der Waals surface area contributed by atoms with Gasteiger partial charge in [0.25, 0.3) is 7.82 Å². The van der Waals surface area contributed by atoms with E-state index in [1.165, 1.54) is 83.5 Å². The number of aliphatic hydroxyl groups excluding tert-OH is 1. The summed E-state index contributed by atoms with van der Waals surface area (Å²) in [6, 6.07) is -0.958. The van der Waals surface area contributed by atoms with Crippen LogP contribution in [0.3, 0.4) is 0 Å². The zero-order chi connectivity index (χ0) is 46.4. The number of allylic oxidation sites excluding steroid dienone is 17. The van der Waals surface area contributed by atoms with Crippen LogP contribution in [0.15, 0.2) is 109 Å². The van der Waals surface area contributed by atoms with Crippen molar-refractivity contribution in [1.29, 1.82) is 0 Å². The second-order valence-electron chi connectivity index (χ2n) is 17.4. The van der Waals surface area contributed by atoms with E-state index in [4.69, 9.17) is 9.05 Å². The zero-order valence-corrected chi connectivity index (χ0v) is 41.6. The zero-order valence-electron chi connectivity index (χ0n) is 40.7. The molecule has 0 fully saturated rings. The van der Waals surface area contributed by atoms with Crippen LogP contribution in [0.2, 0.25) is 0 Å². The number of rotatable bonds is 43. The summed E-state index contributed by atoms with van der Waals surface area (Å²) in [5.41, 5.74) is 0. The Morgan fingerprint density at radius 2 is 0.984 bits per heavy atom. The molecule has 9 heteroatoms. The van der Waals surface area contributed by atoms with E-state index < -0.39 is 26.6 Å². The fraction of sp³-hybridized carbons (Fsp3) is 0.648. The van der Waals surface area contributed by atoms with Gasteiger partial charge in [-0.3, -0.25) is 9.36 Å². The van der Waals surface area contributed by atoms with E-state index in [1.807, 2.05) is 39.4 Å². The molecule has 0 aliphatic rings. The maximum Gasteiger partial charge on any atom is 0.268 e. The first-order valence-electron chi connectivity index (χ1n) is 24.7. The molecule has 0 heterocycles. The second kappa shape index (κ2) is 44.4. The number of unbranched alkanes of at least 4 members (excludes halogenated alkanes) is 14. The summed E-state index contributed by atoms with van der Waals surface area (Å²) in [6.07, 6.45) is 64.5. The molecule has 1 amide bonds. The molecule has 0 aliphatic heterocycles. The average molecular weight is 897 g/mol. The van der Waals surface area contributed by atoms with Gasteiger partial charge in [0.05, 0.1) is 39.9 Å². The summed E-state index contributed by atoms with van der Waals surface area (Å²) >= 11 is 0. The molecule has 360 valence electrons. The van der Waals surface area contributed by atoms with Crippen LogP contribution in [0, 0.1) is 0 Å². The van der Waals surface area contributed by atoms with Gasteiger partial charge in [-0.1, -0.05) is 194 Å². The van der Waals surface area contributed by atoms with Crippen LogP contribution >= 0.6 is 7.82 Å². The predicted molar refractivity (Wildman–Crippen MR) is 269 cm³/mol. The summed E-state index contributed by atoms with van der Waals surface area (Å²) in [5, 5.41) is 13.7. The smallest absolute Gasteiger partial charge is 0.268 e. The van der Waals surface area contributed by atoms with E-state index >= 15 is 0 Å². The molecule has 0 spiro atoms. The Morgan fingerprint density at radius 3 is 1.46 bits per heavy atom. The summed E-state index contributed by atoms with van der Waals surface area (Å²) in [4.78, 5) is 25.3. The minimum absolute atomic E-state index is 0.0288. The Labute approximate surface area is 387 Å². The standard InChI is InChI=1S/C54H93N2O6P/c1-6-8-10-12-14-16-18-20-22-24-26-27-28-30-31-33-35-37-39-41-43-45-47-53(57)52(51-62-63(59,60)61-50-49-56(3,4)5)55-54(58)48-46-44-42-40-38-36-34-32-29-25-23-21-19-17-15-13-11-9-7-2/h9,11,15,17,21,23,29-32,36-39,42,44-45,47,52-53,57H,6-8,10,12-14,16,18-20,22,24-28,33-35,40-41,43,46,48-51H2,1-5H3,(H-,55,58,59,60)/b11-9-,17-15-,23-21-,31-30+,32-29-,38-36-,39-37+,44-42-,47-45+. The second-order valence-corrected chi connectivity index (χ2v) is 18.8. The first-order chi connectivity index (χ1) is 30.5. The van der Waals surface area contributed by atoms with Gasteiger partial charge in [0.1, 0.15) is 13.2 Å². The van der Waals surface area contributed by atoms with E-state index in [0.717, 1.165) is 57.8 Å². The first-order valence-corrected chi connectivity index (χ1v) is 26.2. The molecule has 0 radical (unpaired) electrons. The minimum atomic E-state index is -4.63. The first kappa shape index (κ1) is 60.2. The number of hydrogen-bond donors (Lipinski definition) is 2. The molecular formula is C54H93N2O6P. The molecule has 0 aromatic carbocycles. The van der Waals surface area contributed by atoms with Crippen molar-refractivity contribution < 1.29 is 32.9 Å². The number of amides is 1. The van der Waals surface area contributed by atoms with Gasteiger partial charge in [0.15, 0.2) is 0 Å². The molecular weight excluding hydrogens is 804 g/mol. The molecule has 8 nitrogen and oxygen atoms in total. The van der Waals surface area contributed by atoms with Gasteiger partial charge in [-0.05, 0) is 83.5 Å². The van der Waals surface area contributed by atoms with Crippen LogP contribution in [-0.2, 0) is 18.4 Å². The highest BCUT2D eigenvalue weighted by Crippen LogP contribution is 2.38. The van der Waals surface area contributed by atoms with E-state index in [2.05, 4.69) is 104 Å². The molecule has 2 N–H and O–H groups in total. The predicted octanol–water partition coefficient (Wildman–Crippen LogP) is 13.8. The largest absolute Gasteiger partial charge is 0.756 e. The SMILES string of the molecule is CC/C=C\C/C=C\C/C=C\C/C=C\C/C=C\C/C=C\CCC(=O)NC(COP(=O)([O-])OCC[N+](C)(C)C)C(O)/C=C/CC/C=C/CC/C=C/CCCCCCCCCCCCCC. The van der Waals surface area contributed by atoms with Gasteiger partial charge in [0.2, 0.25) is 5.91 Å². The minimum Gasteiger partial charge on any atom is -0.756 e. The number of likely N-dealkylation sites (N-methyl/N-ethyl adjacent to an activating group) is 1. The third-order valence-electron chi connectivity index (χ3n) is 10.2. The Bertz CT molecular complexity index is 1390. The number of hydrogen-bond acceptors (Lipinski definition) is 6. The Balaban J connectivity index is 4.57. The number of carbonyl (C=O) groups is 1. The lowest BCUT2D eigenvalue weighted by Gasteiger charge is -2.29. The number of carbonyl (C=O) groups excluding carboxylic acids is 1.